The first kappa shape index (κ1) is 16.2. The van der Waals surface area contributed by atoms with Crippen molar-refractivity contribution in [3.63, 3.8) is 0 Å². The maximum Gasteiger partial charge on any atom is 0.167 e. The second-order valence-electron chi connectivity index (χ2n) is 4.77. The van der Waals surface area contributed by atoms with E-state index >= 15 is 0 Å². The Bertz CT molecular complexity index is 719. The van der Waals surface area contributed by atoms with Gasteiger partial charge in [0.05, 0.1) is 6.67 Å². The number of hydrogen-bond acceptors (Lipinski definition) is 0. The van der Waals surface area contributed by atoms with Crippen LogP contribution in [0.1, 0.15) is 17.5 Å². The van der Waals surface area contributed by atoms with Crippen molar-refractivity contribution in [3.8, 4) is 11.1 Å². The summed E-state index contributed by atoms with van der Waals surface area (Å²) in [4.78, 5) is 0. The Kier molecular flexibility index (Phi) is 4.96. The van der Waals surface area contributed by atoms with Crippen molar-refractivity contribution >= 4 is 6.08 Å². The zero-order valence-corrected chi connectivity index (χ0v) is 11.8. The molecule has 0 nitrogen and oxygen atoms in total. The molecule has 0 unspecified atom stereocenters. The monoisotopic (exact) mass is 312 g/mol. The van der Waals surface area contributed by atoms with Crippen molar-refractivity contribution < 1.29 is 22.0 Å². The van der Waals surface area contributed by atoms with E-state index in [9.17, 15) is 22.0 Å². The molecule has 0 N–H and O–H groups in total. The fourth-order valence-corrected chi connectivity index (χ4v) is 2.03. The first-order valence-corrected chi connectivity index (χ1v) is 6.62. The number of benzene rings is 2. The van der Waals surface area contributed by atoms with Crippen LogP contribution < -0.4 is 0 Å². The van der Waals surface area contributed by atoms with E-state index in [1.165, 1.54) is 43.3 Å². The smallest absolute Gasteiger partial charge is 0.167 e. The third-order valence-corrected chi connectivity index (χ3v) is 3.25. The van der Waals surface area contributed by atoms with Crippen LogP contribution >= 0.6 is 0 Å². The summed E-state index contributed by atoms with van der Waals surface area (Å²) in [7, 11) is 0. The molecule has 116 valence electrons. The molecule has 0 radical (unpaired) electrons. The van der Waals surface area contributed by atoms with Crippen LogP contribution in [0.3, 0.4) is 0 Å². The van der Waals surface area contributed by atoms with Crippen LogP contribution in [0.4, 0.5) is 22.0 Å². The van der Waals surface area contributed by atoms with E-state index < -0.39 is 29.9 Å². The maximum atomic E-state index is 14.1. The Morgan fingerprint density at radius 3 is 2.05 bits per heavy atom. The van der Waals surface area contributed by atoms with Crippen LogP contribution in [0.25, 0.3) is 17.2 Å². The summed E-state index contributed by atoms with van der Waals surface area (Å²) >= 11 is 0. The van der Waals surface area contributed by atoms with Gasteiger partial charge in [-0.2, -0.15) is 0 Å². The number of alkyl halides is 1. The molecule has 5 heteroatoms. The largest absolute Gasteiger partial charge is 0.251 e. The molecule has 0 aliphatic rings. The molecule has 0 bridgehead atoms. The summed E-state index contributed by atoms with van der Waals surface area (Å²) in [5, 5.41) is 0. The van der Waals surface area contributed by atoms with Gasteiger partial charge in [0, 0.05) is 16.7 Å². The second kappa shape index (κ2) is 6.73. The SMILES string of the molecule is Cc1ccc(-c2ccc(/C=C/CCF)c(F)c2F)c(F)c1F. The first-order valence-electron chi connectivity index (χ1n) is 6.62. The molecule has 0 atom stereocenters. The lowest BCUT2D eigenvalue weighted by Gasteiger charge is -2.09. The van der Waals surface area contributed by atoms with Crippen molar-refractivity contribution in [2.45, 2.75) is 13.3 Å². The van der Waals surface area contributed by atoms with Gasteiger partial charge in [0.15, 0.2) is 23.3 Å². The summed E-state index contributed by atoms with van der Waals surface area (Å²) < 4.78 is 67.5. The van der Waals surface area contributed by atoms with Crippen molar-refractivity contribution in [2.24, 2.45) is 0 Å². The van der Waals surface area contributed by atoms with Crippen LogP contribution in [-0.4, -0.2) is 6.67 Å². The minimum atomic E-state index is -1.27. The van der Waals surface area contributed by atoms with E-state index in [0.717, 1.165) is 0 Å². The van der Waals surface area contributed by atoms with Gasteiger partial charge in [-0.1, -0.05) is 36.4 Å². The number of rotatable bonds is 4. The third-order valence-electron chi connectivity index (χ3n) is 3.25. The molecule has 0 spiro atoms. The van der Waals surface area contributed by atoms with Gasteiger partial charge in [-0.15, -0.1) is 0 Å². The lowest BCUT2D eigenvalue weighted by atomic mass is 10.00. The van der Waals surface area contributed by atoms with Crippen molar-refractivity contribution in [1.29, 1.82) is 0 Å². The number of allylic oxidation sites excluding steroid dienone is 1. The zero-order valence-electron chi connectivity index (χ0n) is 11.8. The molecule has 0 aliphatic heterocycles. The highest BCUT2D eigenvalue weighted by atomic mass is 19.2. The topological polar surface area (TPSA) is 0 Å². The average molecular weight is 312 g/mol. The van der Waals surface area contributed by atoms with Gasteiger partial charge in [-0.05, 0) is 18.9 Å². The molecule has 0 saturated carbocycles. The van der Waals surface area contributed by atoms with Crippen LogP contribution in [-0.2, 0) is 0 Å². The molecule has 0 aliphatic carbocycles. The third kappa shape index (κ3) is 3.03. The lowest BCUT2D eigenvalue weighted by Crippen LogP contribution is -1.98. The van der Waals surface area contributed by atoms with E-state index in [4.69, 9.17) is 0 Å². The molecule has 0 aromatic heterocycles. The van der Waals surface area contributed by atoms with Crippen LogP contribution in [0.15, 0.2) is 30.3 Å². The average Bonchev–Trinajstić information content (AvgIpc) is 2.50. The molecule has 0 fully saturated rings. The van der Waals surface area contributed by atoms with Crippen molar-refractivity contribution in [3.05, 3.63) is 64.7 Å². The predicted molar refractivity (Wildman–Crippen MR) is 76.1 cm³/mol. The highest BCUT2D eigenvalue weighted by Crippen LogP contribution is 2.30. The Morgan fingerprint density at radius 2 is 1.41 bits per heavy atom. The van der Waals surface area contributed by atoms with Gasteiger partial charge < -0.3 is 0 Å². The summed E-state index contributed by atoms with van der Waals surface area (Å²) in [6, 6.07) is 4.89. The Labute approximate surface area is 124 Å². The Hall–Kier alpha value is -2.17. The molecule has 0 amide bonds. The lowest BCUT2D eigenvalue weighted by molar-refractivity contribution is 0.497. The van der Waals surface area contributed by atoms with E-state index in [-0.39, 0.29) is 28.7 Å². The van der Waals surface area contributed by atoms with Crippen LogP contribution in [0, 0.1) is 30.2 Å². The normalized spacial score (nSPS) is 11.4. The fourth-order valence-electron chi connectivity index (χ4n) is 2.03. The van der Waals surface area contributed by atoms with Crippen LogP contribution in [0.5, 0.6) is 0 Å². The summed E-state index contributed by atoms with van der Waals surface area (Å²) in [6.45, 7) is 0.768. The minimum absolute atomic E-state index is 0.0768. The van der Waals surface area contributed by atoms with Gasteiger partial charge in [0.25, 0.3) is 0 Å². The number of aryl methyl sites for hydroxylation is 1. The Morgan fingerprint density at radius 1 is 0.818 bits per heavy atom. The predicted octanol–water partition coefficient (Wildman–Crippen LogP) is 5.59. The van der Waals surface area contributed by atoms with Crippen molar-refractivity contribution in [1.82, 2.24) is 0 Å². The van der Waals surface area contributed by atoms with Gasteiger partial charge in [0.1, 0.15) is 0 Å². The summed E-state index contributed by atoms with van der Waals surface area (Å²) in [5.74, 6) is -4.78. The van der Waals surface area contributed by atoms with Gasteiger partial charge >= 0.3 is 0 Å². The molecule has 0 heterocycles. The van der Waals surface area contributed by atoms with Gasteiger partial charge in [0.2, 0.25) is 0 Å². The molecular formula is C17H13F5. The first-order chi connectivity index (χ1) is 10.5. The molecule has 2 aromatic carbocycles. The van der Waals surface area contributed by atoms with Crippen molar-refractivity contribution in [2.75, 3.05) is 6.67 Å². The fraction of sp³-hybridized carbons (Fsp3) is 0.176. The summed E-state index contributed by atoms with van der Waals surface area (Å²) in [6.07, 6.45) is 2.69. The Balaban J connectivity index is 2.50. The van der Waals surface area contributed by atoms with Crippen LogP contribution in [0.2, 0.25) is 0 Å². The molecular weight excluding hydrogens is 299 g/mol. The highest BCUT2D eigenvalue weighted by Gasteiger charge is 2.19. The van der Waals surface area contributed by atoms with E-state index in [1.54, 1.807) is 0 Å². The molecule has 0 saturated heterocycles. The van der Waals surface area contributed by atoms with E-state index in [2.05, 4.69) is 0 Å². The minimum Gasteiger partial charge on any atom is -0.251 e. The summed E-state index contributed by atoms with van der Waals surface area (Å²) in [5.41, 5.74) is -0.717. The van der Waals surface area contributed by atoms with E-state index in [0.29, 0.717) is 0 Å². The highest BCUT2D eigenvalue weighted by molar-refractivity contribution is 5.68. The van der Waals surface area contributed by atoms with E-state index in [1.807, 2.05) is 0 Å². The standard InChI is InChI=1S/C17H13F5/c1-10-5-7-12(16(21)14(10)19)13-8-6-11(4-2-3-9-18)15(20)17(13)22/h2,4-8H,3,9H2,1H3/b4-2+. The number of halogens is 5. The zero-order chi connectivity index (χ0) is 16.3. The van der Waals surface area contributed by atoms with Gasteiger partial charge in [-0.25, -0.2) is 17.6 Å². The number of hydrogen-bond donors (Lipinski definition) is 0. The molecule has 22 heavy (non-hydrogen) atoms. The van der Waals surface area contributed by atoms with Gasteiger partial charge in [-0.3, -0.25) is 4.39 Å². The quantitative estimate of drug-likeness (QED) is 0.645. The second-order valence-corrected chi connectivity index (χ2v) is 4.77. The molecule has 2 rings (SSSR count). The maximum absolute atomic E-state index is 14.1. The molecule has 2 aromatic rings.